The van der Waals surface area contributed by atoms with E-state index in [-0.39, 0.29) is 0 Å². The number of benzene rings is 1. The molecule has 2 heterocycles. The van der Waals surface area contributed by atoms with Crippen LogP contribution < -0.4 is 0 Å². The number of carbonyl (C=O) groups excluding carboxylic acids is 1. The van der Waals surface area contributed by atoms with Gasteiger partial charge >= 0.3 is 0 Å². The molecule has 110 valence electrons. The minimum atomic E-state index is 0.360. The summed E-state index contributed by atoms with van der Waals surface area (Å²) < 4.78 is 1.80. The Hall–Kier alpha value is -1.72. The molecule has 3 rings (SSSR count). The first kappa shape index (κ1) is 14.2. The highest BCUT2D eigenvalue weighted by Gasteiger charge is 2.17. The Balaban J connectivity index is 1.86. The topological polar surface area (TPSA) is 51.0 Å². The summed E-state index contributed by atoms with van der Waals surface area (Å²) in [4.78, 5) is 13.6. The molecule has 6 heteroatoms. The molecule has 0 saturated carbocycles. The van der Waals surface area contributed by atoms with E-state index in [2.05, 4.69) is 15.2 Å². The highest BCUT2D eigenvalue weighted by molar-refractivity contribution is 6.30. The lowest BCUT2D eigenvalue weighted by atomic mass is 10.1. The Labute approximate surface area is 128 Å². The SMILES string of the molecule is O=Cc1nnn(CCN2CCCC2)c1-c1cccc(Cl)c1. The molecule has 1 aliphatic heterocycles. The van der Waals surface area contributed by atoms with E-state index in [1.54, 1.807) is 4.68 Å². The summed E-state index contributed by atoms with van der Waals surface area (Å²) in [5.74, 6) is 0. The third-order valence-electron chi connectivity index (χ3n) is 3.80. The van der Waals surface area contributed by atoms with Crippen molar-refractivity contribution in [3.8, 4) is 11.3 Å². The number of likely N-dealkylation sites (tertiary alicyclic amines) is 1. The summed E-state index contributed by atoms with van der Waals surface area (Å²) in [7, 11) is 0. The van der Waals surface area contributed by atoms with Crippen LogP contribution in [0.25, 0.3) is 11.3 Å². The van der Waals surface area contributed by atoms with Crippen molar-refractivity contribution in [2.45, 2.75) is 19.4 Å². The first-order valence-corrected chi connectivity index (χ1v) is 7.52. The molecule has 0 aliphatic carbocycles. The maximum atomic E-state index is 11.2. The van der Waals surface area contributed by atoms with Gasteiger partial charge in [0, 0.05) is 17.1 Å². The van der Waals surface area contributed by atoms with E-state index in [1.807, 2.05) is 24.3 Å². The van der Waals surface area contributed by atoms with Crippen LogP contribution in [0.15, 0.2) is 24.3 Å². The predicted octanol–water partition coefficient (Wildman–Crippen LogP) is 2.51. The maximum Gasteiger partial charge on any atom is 0.172 e. The van der Waals surface area contributed by atoms with E-state index in [1.165, 1.54) is 12.8 Å². The van der Waals surface area contributed by atoms with Gasteiger partial charge < -0.3 is 4.90 Å². The van der Waals surface area contributed by atoms with Crippen LogP contribution in [0.3, 0.4) is 0 Å². The fourth-order valence-corrected chi connectivity index (χ4v) is 2.93. The number of hydrogen-bond donors (Lipinski definition) is 0. The standard InChI is InChI=1S/C15H17ClN4O/c16-13-5-3-4-12(10-13)15-14(11-21)17-18-20(15)9-8-19-6-1-2-7-19/h3-5,10-11H,1-2,6-9H2. The van der Waals surface area contributed by atoms with Gasteiger partial charge in [-0.3, -0.25) is 4.79 Å². The summed E-state index contributed by atoms with van der Waals surface area (Å²) >= 11 is 6.04. The fourth-order valence-electron chi connectivity index (χ4n) is 2.74. The summed E-state index contributed by atoms with van der Waals surface area (Å²) in [6.07, 6.45) is 3.27. The molecule has 1 aromatic carbocycles. The van der Waals surface area contributed by atoms with Gasteiger partial charge in [0.2, 0.25) is 0 Å². The van der Waals surface area contributed by atoms with Gasteiger partial charge in [-0.25, -0.2) is 4.68 Å². The number of rotatable bonds is 5. The lowest BCUT2D eigenvalue weighted by Gasteiger charge is -2.15. The first-order valence-electron chi connectivity index (χ1n) is 7.15. The largest absolute Gasteiger partial charge is 0.301 e. The second kappa shape index (κ2) is 6.37. The molecular weight excluding hydrogens is 288 g/mol. The van der Waals surface area contributed by atoms with Crippen LogP contribution in [0.1, 0.15) is 23.3 Å². The van der Waals surface area contributed by atoms with Crippen molar-refractivity contribution in [2.75, 3.05) is 19.6 Å². The first-order chi connectivity index (χ1) is 10.3. The van der Waals surface area contributed by atoms with Crippen molar-refractivity contribution < 1.29 is 4.79 Å². The lowest BCUT2D eigenvalue weighted by molar-refractivity contribution is 0.111. The summed E-state index contributed by atoms with van der Waals surface area (Å²) in [5.41, 5.74) is 1.97. The third kappa shape index (κ3) is 3.14. The number of halogens is 1. The zero-order valence-corrected chi connectivity index (χ0v) is 12.5. The Morgan fingerprint density at radius 3 is 2.76 bits per heavy atom. The second-order valence-corrected chi connectivity index (χ2v) is 5.66. The van der Waals surface area contributed by atoms with Gasteiger partial charge in [-0.1, -0.05) is 28.9 Å². The van der Waals surface area contributed by atoms with Crippen molar-refractivity contribution in [3.05, 3.63) is 35.0 Å². The summed E-state index contributed by atoms with van der Waals surface area (Å²) in [6.45, 7) is 3.93. The summed E-state index contributed by atoms with van der Waals surface area (Å²) in [5, 5.41) is 8.72. The molecule has 0 bridgehead atoms. The zero-order chi connectivity index (χ0) is 14.7. The smallest absolute Gasteiger partial charge is 0.172 e. The van der Waals surface area contributed by atoms with Gasteiger partial charge in [0.1, 0.15) is 0 Å². The van der Waals surface area contributed by atoms with Crippen LogP contribution in [-0.2, 0) is 6.54 Å². The maximum absolute atomic E-state index is 11.2. The van der Waals surface area contributed by atoms with Crippen molar-refractivity contribution in [2.24, 2.45) is 0 Å². The fraction of sp³-hybridized carbons (Fsp3) is 0.400. The molecule has 1 saturated heterocycles. The average Bonchev–Trinajstić information content (AvgIpc) is 3.14. The molecule has 21 heavy (non-hydrogen) atoms. The van der Waals surface area contributed by atoms with Crippen molar-refractivity contribution >= 4 is 17.9 Å². The minimum absolute atomic E-state index is 0.360. The van der Waals surface area contributed by atoms with Crippen LogP contribution >= 0.6 is 11.6 Å². The Morgan fingerprint density at radius 2 is 2.05 bits per heavy atom. The van der Waals surface area contributed by atoms with E-state index >= 15 is 0 Å². The number of carbonyl (C=O) groups is 1. The van der Waals surface area contributed by atoms with Crippen molar-refractivity contribution in [1.82, 2.24) is 19.9 Å². The van der Waals surface area contributed by atoms with Gasteiger partial charge in [0.25, 0.3) is 0 Å². The molecule has 1 aromatic heterocycles. The number of nitrogens with zero attached hydrogens (tertiary/aromatic N) is 4. The van der Waals surface area contributed by atoms with Gasteiger partial charge in [0.05, 0.1) is 12.2 Å². The molecule has 2 aromatic rings. The molecule has 1 fully saturated rings. The molecule has 0 spiro atoms. The normalized spacial score (nSPS) is 15.5. The van der Waals surface area contributed by atoms with Crippen molar-refractivity contribution in [3.63, 3.8) is 0 Å². The van der Waals surface area contributed by atoms with E-state index in [0.717, 1.165) is 43.7 Å². The number of aldehydes is 1. The summed E-state index contributed by atoms with van der Waals surface area (Å²) in [6, 6.07) is 7.43. The van der Waals surface area contributed by atoms with E-state index in [0.29, 0.717) is 10.7 Å². The van der Waals surface area contributed by atoms with Crippen LogP contribution in [0.2, 0.25) is 5.02 Å². The number of hydrogen-bond acceptors (Lipinski definition) is 4. The highest BCUT2D eigenvalue weighted by Crippen LogP contribution is 2.24. The van der Waals surface area contributed by atoms with Crippen LogP contribution in [0.5, 0.6) is 0 Å². The van der Waals surface area contributed by atoms with E-state index < -0.39 is 0 Å². The molecular formula is C15H17ClN4O. The Morgan fingerprint density at radius 1 is 1.24 bits per heavy atom. The highest BCUT2D eigenvalue weighted by atomic mass is 35.5. The van der Waals surface area contributed by atoms with Gasteiger partial charge in [-0.15, -0.1) is 5.10 Å². The predicted molar refractivity (Wildman–Crippen MR) is 81.5 cm³/mol. The van der Waals surface area contributed by atoms with Crippen LogP contribution in [-0.4, -0.2) is 45.8 Å². The molecule has 0 atom stereocenters. The third-order valence-corrected chi connectivity index (χ3v) is 4.03. The molecule has 0 radical (unpaired) electrons. The lowest BCUT2D eigenvalue weighted by Crippen LogP contribution is -2.24. The molecule has 0 N–H and O–H groups in total. The molecule has 0 amide bonds. The Bertz CT molecular complexity index is 634. The Kier molecular flexibility index (Phi) is 4.31. The monoisotopic (exact) mass is 304 g/mol. The molecule has 0 unspecified atom stereocenters. The number of aromatic nitrogens is 3. The van der Waals surface area contributed by atoms with Gasteiger partial charge in [0.15, 0.2) is 12.0 Å². The average molecular weight is 305 g/mol. The molecule has 1 aliphatic rings. The molecule has 5 nitrogen and oxygen atoms in total. The quantitative estimate of drug-likeness (QED) is 0.797. The van der Waals surface area contributed by atoms with Gasteiger partial charge in [-0.2, -0.15) is 0 Å². The van der Waals surface area contributed by atoms with Crippen molar-refractivity contribution in [1.29, 1.82) is 0 Å². The minimum Gasteiger partial charge on any atom is -0.301 e. The second-order valence-electron chi connectivity index (χ2n) is 5.22. The van der Waals surface area contributed by atoms with E-state index in [9.17, 15) is 4.79 Å². The van der Waals surface area contributed by atoms with Crippen LogP contribution in [0.4, 0.5) is 0 Å². The zero-order valence-electron chi connectivity index (χ0n) is 11.7. The van der Waals surface area contributed by atoms with Crippen LogP contribution in [0, 0.1) is 0 Å². The van der Waals surface area contributed by atoms with Gasteiger partial charge in [-0.05, 0) is 38.1 Å². The van der Waals surface area contributed by atoms with E-state index in [4.69, 9.17) is 11.6 Å².